The average molecular weight is 534 g/mol. The van der Waals surface area contributed by atoms with Crippen molar-refractivity contribution in [1.82, 2.24) is 34.9 Å². The Kier molecular flexibility index (Phi) is 6.18. The first kappa shape index (κ1) is 24.8. The smallest absolute Gasteiger partial charge is 0.405 e. The molecular weight excluding hydrogens is 512 g/mol. The molecule has 2 amide bonds. The van der Waals surface area contributed by atoms with Crippen molar-refractivity contribution in [2.45, 2.75) is 31.9 Å². The van der Waals surface area contributed by atoms with E-state index < -0.39 is 29.7 Å². The molecule has 2 aliphatic rings. The first-order chi connectivity index (χ1) is 17.5. The van der Waals surface area contributed by atoms with Crippen molar-refractivity contribution in [3.63, 3.8) is 0 Å². The fourth-order valence-electron chi connectivity index (χ4n) is 4.58. The number of aromatic nitrogens is 5. The average Bonchev–Trinajstić information content (AvgIpc) is 3.21. The van der Waals surface area contributed by atoms with Crippen LogP contribution in [-0.4, -0.2) is 65.9 Å². The quantitative estimate of drug-likeness (QED) is 0.442. The number of likely N-dealkylation sites (tertiary alicyclic amines) is 1. The van der Waals surface area contributed by atoms with Gasteiger partial charge in [-0.05, 0) is 31.5 Å². The molecule has 0 unspecified atom stereocenters. The van der Waals surface area contributed by atoms with Crippen molar-refractivity contribution >= 4 is 23.6 Å². The second kappa shape index (κ2) is 9.21. The Morgan fingerprint density at radius 2 is 1.89 bits per heavy atom. The molecule has 0 bridgehead atoms. The van der Waals surface area contributed by atoms with Crippen molar-refractivity contribution in [3.8, 4) is 11.8 Å². The highest BCUT2D eigenvalue weighted by atomic mass is 35.5. The van der Waals surface area contributed by atoms with Crippen molar-refractivity contribution in [2.24, 2.45) is 11.8 Å². The Morgan fingerprint density at radius 3 is 2.51 bits per heavy atom. The summed E-state index contributed by atoms with van der Waals surface area (Å²) in [5, 5.41) is 15.5. The molecule has 0 aromatic carbocycles. The van der Waals surface area contributed by atoms with Crippen LogP contribution in [0.2, 0.25) is 5.15 Å². The fourth-order valence-corrected chi connectivity index (χ4v) is 4.78. The van der Waals surface area contributed by atoms with E-state index in [1.807, 2.05) is 0 Å². The van der Waals surface area contributed by atoms with E-state index in [1.165, 1.54) is 23.5 Å². The number of nitrogens with one attached hydrogen (secondary N) is 1. The van der Waals surface area contributed by atoms with E-state index in [4.69, 9.17) is 21.4 Å². The number of carbonyl (C=O) groups is 2. The minimum Gasteiger partial charge on any atom is -0.474 e. The molecule has 1 aliphatic heterocycles. The van der Waals surface area contributed by atoms with Crippen LogP contribution in [0.25, 0.3) is 5.95 Å². The maximum Gasteiger partial charge on any atom is 0.405 e. The number of nitrogens with zero attached hydrogens (tertiary/aromatic N) is 6. The number of rotatable bonds is 7. The molecule has 194 valence electrons. The Hall–Kier alpha value is -3.87. The molecule has 3 aromatic heterocycles. The van der Waals surface area contributed by atoms with Crippen LogP contribution in [0.15, 0.2) is 36.8 Å². The van der Waals surface area contributed by atoms with E-state index in [0.717, 1.165) is 4.68 Å². The molecule has 1 saturated carbocycles. The van der Waals surface area contributed by atoms with Gasteiger partial charge in [-0.1, -0.05) is 11.6 Å². The van der Waals surface area contributed by atoms with Crippen LogP contribution in [0, 0.1) is 11.8 Å². The first-order valence-electron chi connectivity index (χ1n) is 11.3. The van der Waals surface area contributed by atoms with Gasteiger partial charge in [-0.3, -0.25) is 4.79 Å². The molecule has 3 atom stereocenters. The van der Waals surface area contributed by atoms with Crippen molar-refractivity contribution in [1.29, 1.82) is 0 Å². The second-order valence-electron chi connectivity index (χ2n) is 9.41. The largest absolute Gasteiger partial charge is 0.474 e. The lowest BCUT2D eigenvalue weighted by molar-refractivity contribution is 0.0739. The minimum atomic E-state index is -2.94. The van der Waals surface area contributed by atoms with Gasteiger partial charge in [0.05, 0.1) is 11.1 Å². The van der Waals surface area contributed by atoms with Gasteiger partial charge in [-0.2, -0.15) is 5.10 Å². The van der Waals surface area contributed by atoms with Crippen LogP contribution < -0.4 is 10.1 Å². The third-order valence-corrected chi connectivity index (χ3v) is 6.70. The summed E-state index contributed by atoms with van der Waals surface area (Å²) >= 11 is 6.14. The molecule has 14 heteroatoms. The predicted molar refractivity (Wildman–Crippen MR) is 125 cm³/mol. The highest BCUT2D eigenvalue weighted by Gasteiger charge is 2.59. The Bertz CT molecular complexity index is 1340. The first-order valence-corrected chi connectivity index (χ1v) is 11.7. The van der Waals surface area contributed by atoms with E-state index in [0.29, 0.717) is 18.7 Å². The number of pyridine rings is 1. The Morgan fingerprint density at radius 1 is 1.22 bits per heavy atom. The van der Waals surface area contributed by atoms with Gasteiger partial charge in [0.1, 0.15) is 17.0 Å². The number of alkyl halides is 2. The summed E-state index contributed by atoms with van der Waals surface area (Å²) < 4.78 is 34.4. The van der Waals surface area contributed by atoms with Crippen LogP contribution in [0.1, 0.15) is 41.9 Å². The Labute approximate surface area is 214 Å². The summed E-state index contributed by atoms with van der Waals surface area (Å²) in [6.07, 6.45) is -0.236. The predicted octanol–water partition coefficient (Wildman–Crippen LogP) is 3.30. The van der Waals surface area contributed by atoms with Gasteiger partial charge in [0, 0.05) is 49.6 Å². The number of halogens is 3. The molecule has 0 spiro atoms. The maximum absolute atomic E-state index is 13.7. The van der Waals surface area contributed by atoms with Gasteiger partial charge in [0.15, 0.2) is 0 Å². The Balaban J connectivity index is 1.27. The standard InChI is InChI=1S/C23H22ClF2N7O4/c1-23(2,30-22(35)36)11-6-15(24)29-16(7-11)37-18-12-8-32(9-13(12)18)20(34)14-10-33(31-17(14)19(25)26)21-27-4-3-5-28-21/h3-7,10,12-13,18-19,30H,8-9H2,1-2H3,(H,35,36)/t12-,13+,18-. The van der Waals surface area contributed by atoms with Crippen LogP contribution >= 0.6 is 11.6 Å². The summed E-state index contributed by atoms with van der Waals surface area (Å²) in [5.74, 6) is -0.227. The lowest BCUT2D eigenvalue weighted by atomic mass is 9.95. The zero-order valence-electron chi connectivity index (χ0n) is 19.7. The maximum atomic E-state index is 13.7. The van der Waals surface area contributed by atoms with E-state index >= 15 is 0 Å². The van der Waals surface area contributed by atoms with Crippen LogP contribution in [0.4, 0.5) is 13.6 Å². The SMILES string of the molecule is CC(C)(NC(=O)O)c1cc(Cl)nc(O[C@@H]2[C@@H]3CN(C(=O)c4cn(-c5ncccn5)nc4C(F)F)C[C@@H]32)c1. The molecule has 37 heavy (non-hydrogen) atoms. The monoisotopic (exact) mass is 533 g/mol. The van der Waals surface area contributed by atoms with E-state index in [-0.39, 0.29) is 40.5 Å². The molecule has 2 fully saturated rings. The highest BCUT2D eigenvalue weighted by Crippen LogP contribution is 2.48. The van der Waals surface area contributed by atoms with Gasteiger partial charge < -0.3 is 20.1 Å². The van der Waals surface area contributed by atoms with E-state index in [2.05, 4.69) is 25.4 Å². The number of piperidine rings is 1. The normalized spacial score (nSPS) is 20.6. The molecular formula is C23H22ClF2N7O4. The summed E-state index contributed by atoms with van der Waals surface area (Å²) in [6, 6.07) is 4.75. The lowest BCUT2D eigenvalue weighted by Gasteiger charge is -2.26. The van der Waals surface area contributed by atoms with Gasteiger partial charge in [0.2, 0.25) is 11.8 Å². The molecule has 3 aromatic rings. The molecule has 1 saturated heterocycles. The zero-order valence-corrected chi connectivity index (χ0v) is 20.4. The van der Waals surface area contributed by atoms with E-state index in [9.17, 15) is 18.4 Å². The summed E-state index contributed by atoms with van der Waals surface area (Å²) in [6.45, 7) is 4.02. The number of carbonyl (C=O) groups excluding carboxylic acids is 1. The second-order valence-corrected chi connectivity index (χ2v) is 9.80. The minimum absolute atomic E-state index is 0.000776. The molecule has 1 aliphatic carbocycles. The fraction of sp³-hybridized carbons (Fsp3) is 0.391. The zero-order chi connectivity index (χ0) is 26.5. The topological polar surface area (TPSA) is 135 Å². The van der Waals surface area contributed by atoms with Crippen molar-refractivity contribution in [2.75, 3.05) is 13.1 Å². The van der Waals surface area contributed by atoms with Crippen LogP contribution in [0.3, 0.4) is 0 Å². The van der Waals surface area contributed by atoms with E-state index in [1.54, 1.807) is 32.0 Å². The summed E-state index contributed by atoms with van der Waals surface area (Å²) in [4.78, 5) is 37.9. The number of fused-ring (bicyclic) bond motifs is 1. The lowest BCUT2D eigenvalue weighted by Crippen LogP contribution is -2.40. The summed E-state index contributed by atoms with van der Waals surface area (Å²) in [7, 11) is 0. The van der Waals surface area contributed by atoms with Crippen molar-refractivity contribution in [3.05, 3.63) is 58.8 Å². The highest BCUT2D eigenvalue weighted by molar-refractivity contribution is 6.29. The van der Waals surface area contributed by atoms with Gasteiger partial charge in [-0.25, -0.2) is 33.2 Å². The molecule has 2 N–H and O–H groups in total. The molecule has 0 radical (unpaired) electrons. The number of ether oxygens (including phenoxy) is 1. The van der Waals surface area contributed by atoms with Gasteiger partial charge >= 0.3 is 6.09 Å². The third kappa shape index (κ3) is 4.90. The number of hydrogen-bond acceptors (Lipinski definition) is 7. The van der Waals surface area contributed by atoms with Gasteiger partial charge in [0.25, 0.3) is 12.3 Å². The van der Waals surface area contributed by atoms with Crippen LogP contribution in [0.5, 0.6) is 5.88 Å². The van der Waals surface area contributed by atoms with Gasteiger partial charge in [-0.15, -0.1) is 0 Å². The molecule has 5 rings (SSSR count). The third-order valence-electron chi connectivity index (χ3n) is 6.51. The molecule has 11 nitrogen and oxygen atoms in total. The number of amides is 2. The summed E-state index contributed by atoms with van der Waals surface area (Å²) in [5.41, 5.74) is -1.18. The number of hydrogen-bond donors (Lipinski definition) is 2. The van der Waals surface area contributed by atoms with Crippen molar-refractivity contribution < 1.29 is 28.2 Å². The number of carboxylic acid groups (broad SMARTS) is 1. The van der Waals surface area contributed by atoms with Crippen LogP contribution in [-0.2, 0) is 5.54 Å². The molecule has 4 heterocycles.